The Balaban J connectivity index is 1.39. The number of tetrazole rings is 1. The molecule has 3 aromatic rings. The fourth-order valence-corrected chi connectivity index (χ4v) is 3.49. The van der Waals surface area contributed by atoms with E-state index >= 15 is 0 Å². The van der Waals surface area contributed by atoms with E-state index in [1.807, 2.05) is 53.4 Å². The Bertz CT molecular complexity index is 977. The minimum atomic E-state index is 0.00610. The van der Waals surface area contributed by atoms with Crippen LogP contribution in [0.1, 0.15) is 21.7 Å². The van der Waals surface area contributed by atoms with E-state index < -0.39 is 0 Å². The topological polar surface area (TPSA) is 76.4 Å². The van der Waals surface area contributed by atoms with Gasteiger partial charge in [-0.25, -0.2) is 0 Å². The number of aromatic nitrogens is 4. The zero-order chi connectivity index (χ0) is 20.2. The van der Waals surface area contributed by atoms with E-state index in [1.54, 1.807) is 11.8 Å². The molecule has 0 saturated carbocycles. The number of hydrogen-bond acceptors (Lipinski definition) is 6. The van der Waals surface area contributed by atoms with Crippen molar-refractivity contribution in [3.05, 3.63) is 65.5 Å². The molecule has 0 radical (unpaired) electrons. The highest BCUT2D eigenvalue weighted by molar-refractivity contribution is 5.97. The monoisotopic (exact) mass is 392 g/mol. The lowest BCUT2D eigenvalue weighted by Gasteiger charge is -2.34. The molecule has 4 rings (SSSR count). The molecule has 1 fully saturated rings. The van der Waals surface area contributed by atoms with Crippen LogP contribution in [0.3, 0.4) is 0 Å². The summed E-state index contributed by atoms with van der Waals surface area (Å²) in [6, 6.07) is 15.5. The van der Waals surface area contributed by atoms with E-state index in [-0.39, 0.29) is 5.91 Å². The summed E-state index contributed by atoms with van der Waals surface area (Å²) < 4.78 is 7.10. The zero-order valence-electron chi connectivity index (χ0n) is 16.7. The molecule has 0 atom stereocenters. The summed E-state index contributed by atoms with van der Waals surface area (Å²) in [5.74, 6) is 1.40. The van der Waals surface area contributed by atoms with Crippen molar-refractivity contribution in [3.63, 3.8) is 0 Å². The lowest BCUT2D eigenvalue weighted by molar-refractivity contribution is 0.0621. The Morgan fingerprint density at radius 3 is 2.48 bits per heavy atom. The van der Waals surface area contributed by atoms with Gasteiger partial charge in [-0.05, 0) is 41.6 Å². The predicted molar refractivity (Wildman–Crippen MR) is 108 cm³/mol. The largest absolute Gasteiger partial charge is 0.496 e. The molecule has 0 spiro atoms. The molecule has 2 heterocycles. The van der Waals surface area contributed by atoms with Gasteiger partial charge in [0.25, 0.3) is 5.91 Å². The second-order valence-electron chi connectivity index (χ2n) is 7.11. The number of methoxy groups -OCH3 is 1. The van der Waals surface area contributed by atoms with Crippen molar-refractivity contribution in [1.29, 1.82) is 0 Å². The number of carbonyl (C=O) groups is 1. The Hall–Kier alpha value is -3.26. The summed E-state index contributed by atoms with van der Waals surface area (Å²) in [7, 11) is 1.59. The average Bonchev–Trinajstić information content (AvgIpc) is 3.22. The normalized spacial score (nSPS) is 14.8. The van der Waals surface area contributed by atoms with Crippen LogP contribution in [-0.4, -0.2) is 69.2 Å². The third kappa shape index (κ3) is 4.12. The number of hydrogen-bond donors (Lipinski definition) is 0. The van der Waals surface area contributed by atoms with Gasteiger partial charge < -0.3 is 9.64 Å². The fourth-order valence-electron chi connectivity index (χ4n) is 3.49. The second-order valence-corrected chi connectivity index (χ2v) is 7.11. The highest BCUT2D eigenvalue weighted by Gasteiger charge is 2.25. The highest BCUT2D eigenvalue weighted by atomic mass is 16.5. The summed E-state index contributed by atoms with van der Waals surface area (Å²) in [6.07, 6.45) is 0. The molecular formula is C21H24N6O2. The third-order valence-electron chi connectivity index (χ3n) is 5.17. The first-order valence-electron chi connectivity index (χ1n) is 9.64. The molecule has 0 N–H and O–H groups in total. The minimum Gasteiger partial charge on any atom is -0.496 e. The van der Waals surface area contributed by atoms with Crippen molar-refractivity contribution in [2.45, 2.75) is 13.5 Å². The van der Waals surface area contributed by atoms with Crippen LogP contribution in [0.2, 0.25) is 0 Å². The zero-order valence-corrected chi connectivity index (χ0v) is 16.7. The number of ether oxygens (including phenoxy) is 1. The van der Waals surface area contributed by atoms with E-state index in [9.17, 15) is 4.79 Å². The molecule has 1 saturated heterocycles. The van der Waals surface area contributed by atoms with Crippen molar-refractivity contribution in [2.75, 3.05) is 33.3 Å². The fraction of sp³-hybridized carbons (Fsp3) is 0.333. The van der Waals surface area contributed by atoms with E-state index in [0.29, 0.717) is 30.9 Å². The molecule has 1 aliphatic heterocycles. The second kappa shape index (κ2) is 8.40. The lowest BCUT2D eigenvalue weighted by atomic mass is 10.1. The van der Waals surface area contributed by atoms with Gasteiger partial charge in [0, 0.05) is 26.2 Å². The summed E-state index contributed by atoms with van der Waals surface area (Å²) in [4.78, 5) is 17.0. The van der Waals surface area contributed by atoms with Gasteiger partial charge in [-0.2, -0.15) is 4.68 Å². The number of amides is 1. The van der Waals surface area contributed by atoms with Gasteiger partial charge in [0.2, 0.25) is 0 Å². The van der Waals surface area contributed by atoms with Crippen LogP contribution in [0.15, 0.2) is 48.5 Å². The molecular weight excluding hydrogens is 368 g/mol. The molecule has 0 aliphatic carbocycles. The van der Waals surface area contributed by atoms with Crippen molar-refractivity contribution in [1.82, 2.24) is 30.0 Å². The minimum absolute atomic E-state index is 0.00610. The lowest BCUT2D eigenvalue weighted by Crippen LogP contribution is -2.48. The number of aryl methyl sites for hydroxylation is 1. The maximum Gasteiger partial charge on any atom is 0.257 e. The van der Waals surface area contributed by atoms with Crippen molar-refractivity contribution in [2.24, 2.45) is 0 Å². The van der Waals surface area contributed by atoms with Crippen LogP contribution >= 0.6 is 0 Å². The summed E-state index contributed by atoms with van der Waals surface area (Å²) in [5.41, 5.74) is 2.74. The number of piperazine rings is 1. The van der Waals surface area contributed by atoms with Gasteiger partial charge in [0.1, 0.15) is 5.75 Å². The van der Waals surface area contributed by atoms with Crippen LogP contribution in [0.5, 0.6) is 5.75 Å². The SMILES string of the molecule is COc1ccccc1C(=O)N1CCN(Cc2nnnn2-c2ccc(C)cc2)CC1. The summed E-state index contributed by atoms with van der Waals surface area (Å²) in [6.45, 7) is 5.53. The molecule has 2 aromatic carbocycles. The van der Waals surface area contributed by atoms with Gasteiger partial charge in [-0.3, -0.25) is 9.69 Å². The number of carbonyl (C=O) groups excluding carboxylic acids is 1. The van der Waals surface area contributed by atoms with Crippen molar-refractivity contribution < 1.29 is 9.53 Å². The maximum atomic E-state index is 12.9. The van der Waals surface area contributed by atoms with Crippen LogP contribution < -0.4 is 4.74 Å². The van der Waals surface area contributed by atoms with Crippen LogP contribution in [0.25, 0.3) is 5.69 Å². The molecule has 0 bridgehead atoms. The Morgan fingerprint density at radius 2 is 1.76 bits per heavy atom. The molecule has 1 amide bonds. The van der Waals surface area contributed by atoms with Crippen LogP contribution in [-0.2, 0) is 6.54 Å². The molecule has 150 valence electrons. The van der Waals surface area contributed by atoms with Crippen molar-refractivity contribution in [3.8, 4) is 11.4 Å². The molecule has 0 unspecified atom stereocenters. The Morgan fingerprint density at radius 1 is 1.03 bits per heavy atom. The average molecular weight is 392 g/mol. The van der Waals surface area contributed by atoms with Gasteiger partial charge in [0.15, 0.2) is 5.82 Å². The number of nitrogens with zero attached hydrogens (tertiary/aromatic N) is 6. The van der Waals surface area contributed by atoms with E-state index in [0.717, 1.165) is 24.6 Å². The molecule has 1 aliphatic rings. The quantitative estimate of drug-likeness (QED) is 0.661. The highest BCUT2D eigenvalue weighted by Crippen LogP contribution is 2.20. The number of rotatable bonds is 5. The summed E-state index contributed by atoms with van der Waals surface area (Å²) in [5, 5.41) is 12.2. The van der Waals surface area contributed by atoms with Gasteiger partial charge >= 0.3 is 0 Å². The smallest absolute Gasteiger partial charge is 0.257 e. The van der Waals surface area contributed by atoms with E-state index in [2.05, 4.69) is 27.3 Å². The molecule has 8 nitrogen and oxygen atoms in total. The summed E-state index contributed by atoms with van der Waals surface area (Å²) >= 11 is 0. The van der Waals surface area contributed by atoms with E-state index in [1.165, 1.54) is 5.56 Å². The Labute approximate surface area is 169 Å². The maximum absolute atomic E-state index is 12.9. The van der Waals surface area contributed by atoms with E-state index in [4.69, 9.17) is 4.74 Å². The number of para-hydroxylation sites is 1. The third-order valence-corrected chi connectivity index (χ3v) is 5.17. The first kappa shape index (κ1) is 19.1. The number of benzene rings is 2. The standard InChI is InChI=1S/C21H24N6O2/c1-16-7-9-17(10-8-16)27-20(22-23-24-27)15-25-11-13-26(14-12-25)21(28)18-5-3-4-6-19(18)29-2/h3-10H,11-15H2,1-2H3. The van der Waals surface area contributed by atoms with Gasteiger partial charge in [-0.15, -0.1) is 5.10 Å². The van der Waals surface area contributed by atoms with Gasteiger partial charge in [0.05, 0.1) is 24.9 Å². The predicted octanol–water partition coefficient (Wildman–Crippen LogP) is 1.94. The van der Waals surface area contributed by atoms with Gasteiger partial charge in [-0.1, -0.05) is 29.8 Å². The first-order valence-corrected chi connectivity index (χ1v) is 9.64. The van der Waals surface area contributed by atoms with Crippen LogP contribution in [0, 0.1) is 6.92 Å². The van der Waals surface area contributed by atoms with Crippen LogP contribution in [0.4, 0.5) is 0 Å². The Kier molecular flexibility index (Phi) is 5.53. The molecule has 8 heteroatoms. The molecule has 29 heavy (non-hydrogen) atoms. The van der Waals surface area contributed by atoms with Crippen molar-refractivity contribution >= 4 is 5.91 Å². The first-order chi connectivity index (χ1) is 14.2. The molecule has 1 aromatic heterocycles.